The SMILES string of the molecule is CCOC(=O)c1c(N)nsc1N(CCOC)C(C)C1CC1. The molecular formula is C14H23N3O3S. The number of hydrogen-bond donors (Lipinski definition) is 1. The van der Waals surface area contributed by atoms with Crippen molar-refractivity contribution in [3.05, 3.63) is 5.56 Å². The molecule has 1 fully saturated rings. The van der Waals surface area contributed by atoms with Gasteiger partial charge in [0, 0.05) is 19.7 Å². The summed E-state index contributed by atoms with van der Waals surface area (Å²) in [7, 11) is 1.67. The number of anilines is 2. The zero-order valence-electron chi connectivity index (χ0n) is 12.8. The molecule has 1 aliphatic rings. The monoisotopic (exact) mass is 313 g/mol. The number of nitrogens with zero attached hydrogens (tertiary/aromatic N) is 2. The Morgan fingerprint density at radius 3 is 2.86 bits per heavy atom. The molecule has 1 heterocycles. The molecule has 2 N–H and O–H groups in total. The second-order valence-electron chi connectivity index (χ2n) is 5.23. The Balaban J connectivity index is 2.28. The maximum Gasteiger partial charge on any atom is 0.345 e. The van der Waals surface area contributed by atoms with Gasteiger partial charge in [0.15, 0.2) is 5.82 Å². The molecule has 118 valence electrons. The summed E-state index contributed by atoms with van der Waals surface area (Å²) in [6, 6.07) is 0.341. The number of aromatic nitrogens is 1. The second kappa shape index (κ2) is 7.09. The van der Waals surface area contributed by atoms with Gasteiger partial charge in [-0.3, -0.25) is 0 Å². The van der Waals surface area contributed by atoms with E-state index in [0.717, 1.165) is 5.00 Å². The van der Waals surface area contributed by atoms with E-state index in [1.807, 2.05) is 0 Å². The van der Waals surface area contributed by atoms with E-state index >= 15 is 0 Å². The Morgan fingerprint density at radius 1 is 1.57 bits per heavy atom. The van der Waals surface area contributed by atoms with Crippen molar-refractivity contribution in [1.82, 2.24) is 4.37 Å². The van der Waals surface area contributed by atoms with E-state index in [1.54, 1.807) is 14.0 Å². The largest absolute Gasteiger partial charge is 0.462 e. The Bertz CT molecular complexity index is 488. The van der Waals surface area contributed by atoms with Crippen LogP contribution in [-0.4, -0.2) is 43.3 Å². The van der Waals surface area contributed by atoms with Crippen molar-refractivity contribution in [2.45, 2.75) is 32.7 Å². The first-order valence-corrected chi connectivity index (χ1v) is 8.05. The molecule has 1 aromatic rings. The summed E-state index contributed by atoms with van der Waals surface area (Å²) in [5.41, 5.74) is 6.27. The van der Waals surface area contributed by atoms with Gasteiger partial charge in [0.05, 0.1) is 13.2 Å². The van der Waals surface area contributed by atoms with Gasteiger partial charge in [0.25, 0.3) is 0 Å². The summed E-state index contributed by atoms with van der Waals surface area (Å²) in [5.74, 6) is 0.517. The highest BCUT2D eigenvalue weighted by Crippen LogP contribution is 2.40. The van der Waals surface area contributed by atoms with Gasteiger partial charge in [0.2, 0.25) is 0 Å². The zero-order valence-corrected chi connectivity index (χ0v) is 13.6. The summed E-state index contributed by atoms with van der Waals surface area (Å²) in [4.78, 5) is 14.3. The molecule has 0 saturated heterocycles. The topological polar surface area (TPSA) is 77.7 Å². The lowest BCUT2D eigenvalue weighted by molar-refractivity contribution is 0.0528. The van der Waals surface area contributed by atoms with E-state index in [0.29, 0.717) is 37.3 Å². The third-order valence-corrected chi connectivity index (χ3v) is 4.67. The van der Waals surface area contributed by atoms with Gasteiger partial charge in [-0.1, -0.05) is 0 Å². The summed E-state index contributed by atoms with van der Waals surface area (Å²) < 4.78 is 14.4. The number of methoxy groups -OCH3 is 1. The molecule has 0 aromatic carbocycles. The average Bonchev–Trinajstić information content (AvgIpc) is 3.23. The van der Waals surface area contributed by atoms with Gasteiger partial charge in [-0.2, -0.15) is 4.37 Å². The van der Waals surface area contributed by atoms with E-state index in [2.05, 4.69) is 16.2 Å². The summed E-state index contributed by atoms with van der Waals surface area (Å²) in [5, 5.41) is 0.794. The predicted octanol–water partition coefficient (Wildman–Crippen LogP) is 2.15. The van der Waals surface area contributed by atoms with Crippen LogP contribution in [0, 0.1) is 5.92 Å². The van der Waals surface area contributed by atoms with Crippen LogP contribution in [0.3, 0.4) is 0 Å². The van der Waals surface area contributed by atoms with E-state index in [4.69, 9.17) is 15.2 Å². The van der Waals surface area contributed by atoms with Crippen LogP contribution in [0.2, 0.25) is 0 Å². The normalized spacial score (nSPS) is 15.8. The van der Waals surface area contributed by atoms with E-state index in [1.165, 1.54) is 24.4 Å². The molecule has 1 aliphatic carbocycles. The van der Waals surface area contributed by atoms with Gasteiger partial charge in [0.1, 0.15) is 10.6 Å². The third-order valence-electron chi connectivity index (χ3n) is 3.77. The maximum atomic E-state index is 12.1. The first-order chi connectivity index (χ1) is 10.1. The summed E-state index contributed by atoms with van der Waals surface area (Å²) in [6.07, 6.45) is 2.46. The van der Waals surface area contributed by atoms with Crippen molar-refractivity contribution >= 4 is 28.3 Å². The minimum Gasteiger partial charge on any atom is -0.462 e. The first-order valence-electron chi connectivity index (χ1n) is 7.28. The lowest BCUT2D eigenvalue weighted by Crippen LogP contribution is -2.37. The molecule has 6 nitrogen and oxygen atoms in total. The molecule has 0 radical (unpaired) electrons. The van der Waals surface area contributed by atoms with Crippen LogP contribution in [0.4, 0.5) is 10.8 Å². The van der Waals surface area contributed by atoms with Crippen LogP contribution in [0.5, 0.6) is 0 Å². The molecule has 1 aromatic heterocycles. The molecule has 7 heteroatoms. The minimum atomic E-state index is -0.399. The summed E-state index contributed by atoms with van der Waals surface area (Å²) >= 11 is 1.26. The van der Waals surface area contributed by atoms with Crippen molar-refractivity contribution in [3.63, 3.8) is 0 Å². The minimum absolute atomic E-state index is 0.249. The maximum absolute atomic E-state index is 12.1. The fourth-order valence-electron chi connectivity index (χ4n) is 2.40. The molecule has 0 spiro atoms. The number of hydrogen-bond acceptors (Lipinski definition) is 7. The fourth-order valence-corrected chi connectivity index (χ4v) is 3.32. The van der Waals surface area contributed by atoms with Crippen molar-refractivity contribution < 1.29 is 14.3 Å². The van der Waals surface area contributed by atoms with Crippen molar-refractivity contribution in [2.24, 2.45) is 5.92 Å². The number of nitrogens with two attached hydrogens (primary N) is 1. The molecule has 21 heavy (non-hydrogen) atoms. The van der Waals surface area contributed by atoms with Gasteiger partial charge < -0.3 is 20.1 Å². The zero-order chi connectivity index (χ0) is 15.4. The van der Waals surface area contributed by atoms with Crippen LogP contribution in [0.1, 0.15) is 37.0 Å². The lowest BCUT2D eigenvalue weighted by Gasteiger charge is -2.30. The highest BCUT2D eigenvalue weighted by atomic mass is 32.1. The highest BCUT2D eigenvalue weighted by molar-refractivity contribution is 7.11. The van der Waals surface area contributed by atoms with Crippen LogP contribution < -0.4 is 10.6 Å². The van der Waals surface area contributed by atoms with E-state index < -0.39 is 5.97 Å². The lowest BCUT2D eigenvalue weighted by atomic mass is 10.1. The Morgan fingerprint density at radius 2 is 2.29 bits per heavy atom. The third kappa shape index (κ3) is 3.65. The first kappa shape index (κ1) is 16.0. The second-order valence-corrected chi connectivity index (χ2v) is 5.98. The van der Waals surface area contributed by atoms with Crippen LogP contribution in [0.25, 0.3) is 0 Å². The molecule has 1 atom stereocenters. The molecule has 0 amide bonds. The Kier molecular flexibility index (Phi) is 5.41. The Labute approximate surface area is 129 Å². The van der Waals surface area contributed by atoms with Gasteiger partial charge >= 0.3 is 5.97 Å². The predicted molar refractivity (Wildman–Crippen MR) is 83.9 cm³/mol. The van der Waals surface area contributed by atoms with Crippen molar-refractivity contribution in [2.75, 3.05) is 37.5 Å². The molecular weight excluding hydrogens is 290 g/mol. The van der Waals surface area contributed by atoms with Gasteiger partial charge in [-0.15, -0.1) is 0 Å². The standard InChI is InChI=1S/C14H23N3O3S/c1-4-20-14(18)11-12(15)16-21-13(11)17(7-8-19-3)9(2)10-5-6-10/h9-10H,4-8H2,1-3H3,(H2,15,16). The van der Waals surface area contributed by atoms with E-state index in [9.17, 15) is 4.79 Å². The van der Waals surface area contributed by atoms with Crippen molar-refractivity contribution in [3.8, 4) is 0 Å². The summed E-state index contributed by atoms with van der Waals surface area (Å²) in [6.45, 7) is 5.59. The number of rotatable bonds is 8. The van der Waals surface area contributed by atoms with Crippen LogP contribution in [-0.2, 0) is 9.47 Å². The number of ether oxygens (including phenoxy) is 2. The molecule has 2 rings (SSSR count). The smallest absolute Gasteiger partial charge is 0.345 e. The highest BCUT2D eigenvalue weighted by Gasteiger charge is 2.35. The number of nitrogen functional groups attached to an aromatic ring is 1. The fraction of sp³-hybridized carbons (Fsp3) is 0.714. The number of carbonyl (C=O) groups is 1. The molecule has 0 aliphatic heterocycles. The molecule has 0 bridgehead atoms. The average molecular weight is 313 g/mol. The quantitative estimate of drug-likeness (QED) is 0.741. The van der Waals surface area contributed by atoms with Crippen LogP contribution in [0.15, 0.2) is 0 Å². The van der Waals surface area contributed by atoms with Gasteiger partial charge in [-0.25, -0.2) is 4.79 Å². The Hall–Kier alpha value is -1.34. The number of esters is 1. The van der Waals surface area contributed by atoms with Gasteiger partial charge in [-0.05, 0) is 44.1 Å². The van der Waals surface area contributed by atoms with Crippen molar-refractivity contribution in [1.29, 1.82) is 0 Å². The molecule has 1 saturated carbocycles. The van der Waals surface area contributed by atoms with E-state index in [-0.39, 0.29) is 5.82 Å². The van der Waals surface area contributed by atoms with Crippen LogP contribution >= 0.6 is 11.5 Å². The number of carbonyl (C=O) groups excluding carboxylic acids is 1. The molecule has 1 unspecified atom stereocenters.